The molecule has 0 radical (unpaired) electrons. The first-order valence-electron chi connectivity index (χ1n) is 6.90. The molecular weight excluding hydrogens is 200 g/mol. The van der Waals surface area contributed by atoms with Crippen molar-refractivity contribution in [3.05, 3.63) is 0 Å². The fourth-order valence-electron chi connectivity index (χ4n) is 3.43. The van der Waals surface area contributed by atoms with Gasteiger partial charge < -0.3 is 10.2 Å². The normalized spacial score (nSPS) is 20.2. The summed E-state index contributed by atoms with van der Waals surface area (Å²) in [6, 6.07) is 0. The standard InChI is InChI=1S/C14H28O2/c1-3-6-12(2)9-14(10-15,11-16)13-7-4-5-8-13/h12-13,15-16H,3-11H2,1-2H3. The monoisotopic (exact) mass is 228 g/mol. The second-order valence-corrected chi connectivity index (χ2v) is 5.76. The van der Waals surface area contributed by atoms with Gasteiger partial charge in [0.25, 0.3) is 0 Å². The lowest BCUT2D eigenvalue weighted by Gasteiger charge is -2.38. The Kier molecular flexibility index (Phi) is 5.77. The van der Waals surface area contributed by atoms with Crippen LogP contribution in [0.15, 0.2) is 0 Å². The molecule has 1 fully saturated rings. The van der Waals surface area contributed by atoms with Gasteiger partial charge in [-0.05, 0) is 31.1 Å². The highest BCUT2D eigenvalue weighted by Gasteiger charge is 2.39. The molecule has 2 heteroatoms. The number of hydrogen-bond donors (Lipinski definition) is 2. The zero-order valence-electron chi connectivity index (χ0n) is 10.9. The van der Waals surface area contributed by atoms with Crippen molar-refractivity contribution in [1.82, 2.24) is 0 Å². The molecule has 0 saturated heterocycles. The fourth-order valence-corrected chi connectivity index (χ4v) is 3.43. The van der Waals surface area contributed by atoms with Gasteiger partial charge in [0.2, 0.25) is 0 Å². The molecule has 0 aliphatic heterocycles. The maximum atomic E-state index is 9.69. The summed E-state index contributed by atoms with van der Waals surface area (Å²) in [5.74, 6) is 1.16. The van der Waals surface area contributed by atoms with E-state index in [2.05, 4.69) is 13.8 Å². The van der Waals surface area contributed by atoms with Gasteiger partial charge in [0.1, 0.15) is 0 Å². The molecule has 0 aromatic heterocycles. The van der Waals surface area contributed by atoms with Crippen LogP contribution in [0.5, 0.6) is 0 Å². The quantitative estimate of drug-likeness (QED) is 0.703. The van der Waals surface area contributed by atoms with Crippen LogP contribution in [0, 0.1) is 17.3 Å². The van der Waals surface area contributed by atoms with Crippen molar-refractivity contribution in [1.29, 1.82) is 0 Å². The van der Waals surface area contributed by atoms with E-state index in [0.29, 0.717) is 11.8 Å². The molecule has 1 unspecified atom stereocenters. The highest BCUT2D eigenvalue weighted by Crippen LogP contribution is 2.44. The molecule has 0 heterocycles. The SMILES string of the molecule is CCCC(C)CC(CO)(CO)C1CCCC1. The molecule has 1 aliphatic carbocycles. The summed E-state index contributed by atoms with van der Waals surface area (Å²) in [6.07, 6.45) is 8.31. The summed E-state index contributed by atoms with van der Waals surface area (Å²) in [6.45, 7) is 4.76. The van der Waals surface area contributed by atoms with Gasteiger partial charge in [0.15, 0.2) is 0 Å². The largest absolute Gasteiger partial charge is 0.396 e. The maximum Gasteiger partial charge on any atom is 0.0512 e. The highest BCUT2D eigenvalue weighted by atomic mass is 16.3. The van der Waals surface area contributed by atoms with Gasteiger partial charge in [-0.1, -0.05) is 39.5 Å². The van der Waals surface area contributed by atoms with Crippen LogP contribution in [-0.2, 0) is 0 Å². The van der Waals surface area contributed by atoms with E-state index in [1.165, 1.54) is 38.5 Å². The molecule has 1 saturated carbocycles. The van der Waals surface area contributed by atoms with E-state index in [1.54, 1.807) is 0 Å². The fraction of sp³-hybridized carbons (Fsp3) is 1.00. The zero-order valence-corrected chi connectivity index (χ0v) is 10.9. The maximum absolute atomic E-state index is 9.69. The van der Waals surface area contributed by atoms with E-state index in [-0.39, 0.29) is 18.6 Å². The Bertz CT molecular complexity index is 181. The smallest absolute Gasteiger partial charge is 0.0512 e. The Hall–Kier alpha value is -0.0800. The summed E-state index contributed by atoms with van der Waals surface area (Å²) >= 11 is 0. The Morgan fingerprint density at radius 3 is 2.19 bits per heavy atom. The van der Waals surface area contributed by atoms with Gasteiger partial charge >= 0.3 is 0 Å². The number of aliphatic hydroxyl groups excluding tert-OH is 2. The van der Waals surface area contributed by atoms with E-state index in [4.69, 9.17) is 0 Å². The zero-order chi connectivity index (χ0) is 12.0. The molecule has 1 atom stereocenters. The van der Waals surface area contributed by atoms with Crippen molar-refractivity contribution >= 4 is 0 Å². The number of aliphatic hydroxyl groups is 2. The van der Waals surface area contributed by atoms with Crippen LogP contribution in [0.3, 0.4) is 0 Å². The molecule has 1 aliphatic rings. The van der Waals surface area contributed by atoms with E-state index in [1.807, 2.05) is 0 Å². The van der Waals surface area contributed by atoms with Crippen LogP contribution in [0.25, 0.3) is 0 Å². The van der Waals surface area contributed by atoms with Crippen LogP contribution in [-0.4, -0.2) is 23.4 Å². The third-order valence-electron chi connectivity index (χ3n) is 4.39. The van der Waals surface area contributed by atoms with Crippen molar-refractivity contribution in [2.75, 3.05) is 13.2 Å². The minimum absolute atomic E-state index is 0.155. The number of hydrogen-bond acceptors (Lipinski definition) is 2. The first kappa shape index (κ1) is 14.0. The van der Waals surface area contributed by atoms with Crippen molar-refractivity contribution in [2.45, 2.75) is 58.8 Å². The van der Waals surface area contributed by atoms with Crippen molar-refractivity contribution < 1.29 is 10.2 Å². The van der Waals surface area contributed by atoms with E-state index >= 15 is 0 Å². The lowest BCUT2D eigenvalue weighted by Crippen LogP contribution is -2.38. The Balaban J connectivity index is 2.62. The van der Waals surface area contributed by atoms with Gasteiger partial charge in [-0.2, -0.15) is 0 Å². The molecule has 1 rings (SSSR count). The van der Waals surface area contributed by atoms with Gasteiger partial charge in [-0.25, -0.2) is 0 Å². The molecule has 0 aromatic rings. The summed E-state index contributed by atoms with van der Waals surface area (Å²) in [4.78, 5) is 0. The summed E-state index contributed by atoms with van der Waals surface area (Å²) in [7, 11) is 0. The van der Waals surface area contributed by atoms with Crippen LogP contribution in [0.1, 0.15) is 58.8 Å². The van der Waals surface area contributed by atoms with Crippen LogP contribution in [0.2, 0.25) is 0 Å². The first-order valence-corrected chi connectivity index (χ1v) is 6.90. The van der Waals surface area contributed by atoms with Gasteiger partial charge in [0, 0.05) is 5.41 Å². The van der Waals surface area contributed by atoms with Gasteiger partial charge in [-0.15, -0.1) is 0 Å². The second-order valence-electron chi connectivity index (χ2n) is 5.76. The molecule has 0 amide bonds. The third kappa shape index (κ3) is 3.21. The van der Waals surface area contributed by atoms with Crippen LogP contribution < -0.4 is 0 Å². The molecule has 16 heavy (non-hydrogen) atoms. The lowest BCUT2D eigenvalue weighted by atomic mass is 9.69. The predicted octanol–water partition coefficient (Wildman–Crippen LogP) is 2.97. The van der Waals surface area contributed by atoms with E-state index < -0.39 is 0 Å². The first-order chi connectivity index (χ1) is 7.68. The minimum atomic E-state index is -0.203. The summed E-state index contributed by atoms with van der Waals surface area (Å²) < 4.78 is 0. The molecule has 96 valence electrons. The average Bonchev–Trinajstić information content (AvgIpc) is 2.80. The molecule has 2 N–H and O–H groups in total. The predicted molar refractivity (Wildman–Crippen MR) is 67.3 cm³/mol. The third-order valence-corrected chi connectivity index (χ3v) is 4.39. The lowest BCUT2D eigenvalue weighted by molar-refractivity contribution is -0.0133. The average molecular weight is 228 g/mol. The minimum Gasteiger partial charge on any atom is -0.396 e. The van der Waals surface area contributed by atoms with Gasteiger partial charge in [-0.3, -0.25) is 0 Å². The van der Waals surface area contributed by atoms with Crippen LogP contribution in [0.4, 0.5) is 0 Å². The second kappa shape index (κ2) is 6.61. The topological polar surface area (TPSA) is 40.5 Å². The van der Waals surface area contributed by atoms with Crippen molar-refractivity contribution in [3.8, 4) is 0 Å². The van der Waals surface area contributed by atoms with Gasteiger partial charge in [0.05, 0.1) is 13.2 Å². The Labute approximate surface area is 100 Å². The molecule has 0 aromatic carbocycles. The summed E-state index contributed by atoms with van der Waals surface area (Å²) in [5.41, 5.74) is -0.203. The van der Waals surface area contributed by atoms with Crippen molar-refractivity contribution in [3.63, 3.8) is 0 Å². The Morgan fingerprint density at radius 1 is 1.19 bits per heavy atom. The molecule has 0 bridgehead atoms. The Morgan fingerprint density at radius 2 is 1.75 bits per heavy atom. The van der Waals surface area contributed by atoms with E-state index in [0.717, 1.165) is 6.42 Å². The van der Waals surface area contributed by atoms with E-state index in [9.17, 15) is 10.2 Å². The van der Waals surface area contributed by atoms with Crippen molar-refractivity contribution in [2.24, 2.45) is 17.3 Å². The molecule has 0 spiro atoms. The van der Waals surface area contributed by atoms with Crippen LogP contribution >= 0.6 is 0 Å². The number of rotatable bonds is 7. The highest BCUT2D eigenvalue weighted by molar-refractivity contribution is 4.89. The molecular formula is C14H28O2. The summed E-state index contributed by atoms with van der Waals surface area (Å²) in [5, 5.41) is 19.4. The molecule has 2 nitrogen and oxygen atoms in total.